The molecule has 0 fully saturated rings. The van der Waals surface area contributed by atoms with Gasteiger partial charge in [-0.25, -0.2) is 4.39 Å². The van der Waals surface area contributed by atoms with Gasteiger partial charge in [-0.3, -0.25) is 4.99 Å². The number of allylic oxidation sites excluding steroid dienone is 1. The second-order valence-electron chi connectivity index (χ2n) is 1.94. The third-order valence-electron chi connectivity index (χ3n) is 1.15. The van der Waals surface area contributed by atoms with Gasteiger partial charge in [0.25, 0.3) is 0 Å². The minimum Gasteiger partial charge on any atom is -0.274 e. The zero-order valence-corrected chi connectivity index (χ0v) is 4.82. The van der Waals surface area contributed by atoms with E-state index < -0.39 is 0 Å². The molecule has 0 aromatic heterocycles. The van der Waals surface area contributed by atoms with Gasteiger partial charge >= 0.3 is 0 Å². The van der Waals surface area contributed by atoms with Crippen molar-refractivity contribution >= 4 is 13.5 Å². The summed E-state index contributed by atoms with van der Waals surface area (Å²) >= 11 is 0. The maximum atomic E-state index is 12.1. The molecule has 42 valence electrons. The van der Waals surface area contributed by atoms with E-state index in [0.717, 1.165) is 12.0 Å². The first kappa shape index (κ1) is 5.54. The third-order valence-corrected chi connectivity index (χ3v) is 1.15. The Morgan fingerprint density at radius 3 is 2.75 bits per heavy atom. The van der Waals surface area contributed by atoms with Gasteiger partial charge in [-0.1, -0.05) is 0 Å². The minimum atomic E-state index is -0.101. The van der Waals surface area contributed by atoms with Gasteiger partial charge in [0, 0.05) is 6.42 Å². The molecule has 1 aliphatic heterocycles. The Hall–Kier alpha value is -0.595. The van der Waals surface area contributed by atoms with Crippen molar-refractivity contribution in [1.82, 2.24) is 0 Å². The van der Waals surface area contributed by atoms with Gasteiger partial charge in [0.2, 0.25) is 0 Å². The summed E-state index contributed by atoms with van der Waals surface area (Å²) in [4.78, 5) is 3.79. The first-order valence-corrected chi connectivity index (χ1v) is 2.67. The molecule has 8 heavy (non-hydrogen) atoms. The highest BCUT2D eigenvalue weighted by atomic mass is 19.1. The molecule has 0 unspecified atom stereocenters. The molecule has 0 atom stereocenters. The number of halogens is 1. The summed E-state index contributed by atoms with van der Waals surface area (Å²) in [5.74, 6) is -0.101. The van der Waals surface area contributed by atoms with Crippen molar-refractivity contribution in [3.8, 4) is 0 Å². The lowest BCUT2D eigenvalue weighted by molar-refractivity contribution is 0.588. The fourth-order valence-corrected chi connectivity index (χ4v) is 0.610. The number of hydrogen-bond donors (Lipinski definition) is 0. The summed E-state index contributed by atoms with van der Waals surface area (Å²) < 4.78 is 12.1. The molecule has 0 radical (unpaired) electrons. The largest absolute Gasteiger partial charge is 0.274 e. The molecule has 0 amide bonds. The van der Waals surface area contributed by atoms with Crippen LogP contribution in [0, 0.1) is 0 Å². The van der Waals surface area contributed by atoms with Crippen LogP contribution in [0.25, 0.3) is 0 Å². The van der Waals surface area contributed by atoms with E-state index >= 15 is 0 Å². The quantitative estimate of drug-likeness (QED) is 0.406. The molecule has 0 spiro atoms. The molecule has 1 rings (SSSR count). The number of nitrogens with zero attached hydrogens (tertiary/aromatic N) is 1. The predicted octanol–water partition coefficient (Wildman–Crippen LogP) is 0.623. The average Bonchev–Trinajstić information content (AvgIpc) is 1.77. The van der Waals surface area contributed by atoms with E-state index in [1.165, 1.54) is 6.20 Å². The van der Waals surface area contributed by atoms with Crippen LogP contribution in [0.15, 0.2) is 17.0 Å². The summed E-state index contributed by atoms with van der Waals surface area (Å²) in [7, 11) is 1.91. The van der Waals surface area contributed by atoms with E-state index in [2.05, 4.69) is 4.99 Å². The highest BCUT2D eigenvalue weighted by molar-refractivity contribution is 6.59. The molecule has 3 heteroatoms. The van der Waals surface area contributed by atoms with Crippen molar-refractivity contribution in [2.24, 2.45) is 4.99 Å². The number of hydrogen-bond acceptors (Lipinski definition) is 1. The SMILES string of the molecule is BC1=NC=C(F)CC1. The van der Waals surface area contributed by atoms with Crippen LogP contribution >= 0.6 is 0 Å². The molecule has 0 aromatic rings. The second-order valence-corrected chi connectivity index (χ2v) is 1.94. The van der Waals surface area contributed by atoms with Crippen molar-refractivity contribution in [1.29, 1.82) is 0 Å². The zero-order chi connectivity index (χ0) is 5.98. The lowest BCUT2D eigenvalue weighted by Crippen LogP contribution is -1.99. The van der Waals surface area contributed by atoms with E-state index in [-0.39, 0.29) is 5.83 Å². The van der Waals surface area contributed by atoms with E-state index in [1.54, 1.807) is 0 Å². The smallest absolute Gasteiger partial charge is 0.158 e. The summed E-state index contributed by atoms with van der Waals surface area (Å²) in [6.07, 6.45) is 2.61. The number of aliphatic imine (C=N–C) groups is 1. The molecular weight excluding hydrogens is 104 g/mol. The van der Waals surface area contributed by atoms with Crippen LogP contribution < -0.4 is 0 Å². The van der Waals surface area contributed by atoms with Crippen LogP contribution in [0.3, 0.4) is 0 Å². The van der Waals surface area contributed by atoms with Gasteiger partial charge < -0.3 is 0 Å². The Morgan fingerprint density at radius 1 is 1.62 bits per heavy atom. The van der Waals surface area contributed by atoms with Crippen molar-refractivity contribution in [3.63, 3.8) is 0 Å². The predicted molar refractivity (Wildman–Crippen MR) is 34.4 cm³/mol. The van der Waals surface area contributed by atoms with Crippen molar-refractivity contribution < 1.29 is 4.39 Å². The molecule has 0 N–H and O–H groups in total. The Bertz CT molecular complexity index is 133. The monoisotopic (exact) mass is 111 g/mol. The van der Waals surface area contributed by atoms with Crippen LogP contribution in [0.1, 0.15) is 12.8 Å². The molecule has 1 aliphatic rings. The topological polar surface area (TPSA) is 12.4 Å². The maximum Gasteiger partial charge on any atom is 0.158 e. The molecule has 0 aliphatic carbocycles. The zero-order valence-electron chi connectivity index (χ0n) is 4.82. The van der Waals surface area contributed by atoms with Crippen molar-refractivity contribution in [3.05, 3.63) is 12.0 Å². The standard InChI is InChI=1S/C5H7BFN/c6-5-2-1-4(7)3-8-5/h3H,1-2,6H2. The van der Waals surface area contributed by atoms with Gasteiger partial charge in [0.15, 0.2) is 7.85 Å². The van der Waals surface area contributed by atoms with Crippen molar-refractivity contribution in [2.45, 2.75) is 12.8 Å². The second kappa shape index (κ2) is 2.12. The van der Waals surface area contributed by atoms with E-state index in [1.807, 2.05) is 7.85 Å². The van der Waals surface area contributed by atoms with Gasteiger partial charge in [-0.2, -0.15) is 0 Å². The summed E-state index contributed by atoms with van der Waals surface area (Å²) in [6.45, 7) is 0. The normalized spacial score (nSPS) is 19.6. The highest BCUT2D eigenvalue weighted by Crippen LogP contribution is 2.11. The molecule has 0 saturated heterocycles. The van der Waals surface area contributed by atoms with Gasteiger partial charge in [0.1, 0.15) is 5.83 Å². The molecule has 0 bridgehead atoms. The first-order valence-electron chi connectivity index (χ1n) is 2.67. The lowest BCUT2D eigenvalue weighted by atomic mass is 9.95. The van der Waals surface area contributed by atoms with Crippen LogP contribution in [0.2, 0.25) is 0 Å². The summed E-state index contributed by atoms with van der Waals surface area (Å²) in [5, 5.41) is 0. The van der Waals surface area contributed by atoms with E-state index in [4.69, 9.17) is 0 Å². The van der Waals surface area contributed by atoms with E-state index in [0.29, 0.717) is 6.42 Å². The Kier molecular flexibility index (Phi) is 1.46. The Morgan fingerprint density at radius 2 is 2.38 bits per heavy atom. The fraction of sp³-hybridized carbons (Fsp3) is 0.400. The molecule has 0 saturated carbocycles. The van der Waals surface area contributed by atoms with Gasteiger partial charge in [-0.05, 0) is 12.0 Å². The lowest BCUT2D eigenvalue weighted by Gasteiger charge is -2.01. The Balaban J connectivity index is 2.65. The van der Waals surface area contributed by atoms with Crippen LogP contribution in [-0.4, -0.2) is 13.5 Å². The van der Waals surface area contributed by atoms with Crippen molar-refractivity contribution in [2.75, 3.05) is 0 Å². The highest BCUT2D eigenvalue weighted by Gasteiger charge is 2.00. The average molecular weight is 111 g/mol. The number of rotatable bonds is 0. The third kappa shape index (κ3) is 1.19. The van der Waals surface area contributed by atoms with Crippen LogP contribution in [-0.2, 0) is 0 Å². The molecule has 1 heterocycles. The summed E-state index contributed by atoms with van der Waals surface area (Å²) in [5.41, 5.74) is 1.02. The maximum absolute atomic E-state index is 12.1. The molecule has 1 nitrogen and oxygen atoms in total. The Labute approximate surface area is 48.7 Å². The molecule has 0 aromatic carbocycles. The fourth-order valence-electron chi connectivity index (χ4n) is 0.610. The molecular formula is C5H7BFN. The minimum absolute atomic E-state index is 0.101. The van der Waals surface area contributed by atoms with Crippen LogP contribution in [0.4, 0.5) is 4.39 Å². The van der Waals surface area contributed by atoms with Crippen LogP contribution in [0.5, 0.6) is 0 Å². The summed E-state index contributed by atoms with van der Waals surface area (Å²) in [6, 6.07) is 0. The first-order chi connectivity index (χ1) is 3.79. The van der Waals surface area contributed by atoms with Gasteiger partial charge in [0.05, 0.1) is 6.20 Å². The van der Waals surface area contributed by atoms with E-state index in [9.17, 15) is 4.39 Å². The van der Waals surface area contributed by atoms with Gasteiger partial charge in [-0.15, -0.1) is 0 Å².